The number of aryl methyl sites for hydroxylation is 1. The summed E-state index contributed by atoms with van der Waals surface area (Å²) in [6, 6.07) is 16.8. The van der Waals surface area contributed by atoms with Crippen LogP contribution in [-0.2, 0) is 16.0 Å². The number of carbonyl (C=O) groups is 2. The third kappa shape index (κ3) is 4.53. The van der Waals surface area contributed by atoms with E-state index in [1.165, 1.54) is 5.56 Å². The molecule has 2 aromatic carbocycles. The van der Waals surface area contributed by atoms with Crippen LogP contribution in [0.3, 0.4) is 0 Å². The molecule has 0 saturated carbocycles. The highest BCUT2D eigenvalue weighted by atomic mass is 16.2. The summed E-state index contributed by atoms with van der Waals surface area (Å²) in [5.74, 6) is -0.0855. The minimum atomic E-state index is -0.251. The van der Waals surface area contributed by atoms with Gasteiger partial charge in [-0.15, -0.1) is 0 Å². The third-order valence-electron chi connectivity index (χ3n) is 5.34. The molecule has 1 aliphatic heterocycles. The van der Waals surface area contributed by atoms with Crippen molar-refractivity contribution in [3.05, 3.63) is 59.7 Å². The lowest BCUT2D eigenvalue weighted by molar-refractivity contribution is -0.119. The molecule has 3 N–H and O–H groups in total. The number of nitrogens with two attached hydrogens (primary N) is 1. The quantitative estimate of drug-likeness (QED) is 0.758. The molecule has 0 radical (unpaired) electrons. The zero-order valence-electron chi connectivity index (χ0n) is 16.7. The van der Waals surface area contributed by atoms with E-state index >= 15 is 0 Å². The number of hydrogen-bond donors (Lipinski definition) is 2. The molecule has 0 aliphatic carbocycles. The van der Waals surface area contributed by atoms with Gasteiger partial charge >= 0.3 is 0 Å². The Morgan fingerprint density at radius 1 is 1.14 bits per heavy atom. The van der Waals surface area contributed by atoms with Crippen molar-refractivity contribution in [1.82, 2.24) is 0 Å². The zero-order chi connectivity index (χ0) is 20.1. The van der Waals surface area contributed by atoms with Gasteiger partial charge in [-0.05, 0) is 55.5 Å². The van der Waals surface area contributed by atoms with E-state index in [0.29, 0.717) is 12.8 Å². The minimum absolute atomic E-state index is 0.146. The number of nitrogens with zero attached hydrogens (tertiary/aromatic N) is 1. The van der Waals surface area contributed by atoms with Gasteiger partial charge in [0.1, 0.15) is 0 Å². The topological polar surface area (TPSA) is 75.4 Å². The van der Waals surface area contributed by atoms with Crippen molar-refractivity contribution in [2.24, 2.45) is 5.73 Å². The van der Waals surface area contributed by atoms with Crippen molar-refractivity contribution < 1.29 is 9.59 Å². The fraction of sp³-hybridized carbons (Fsp3) is 0.391. The number of anilines is 2. The predicted octanol–water partition coefficient (Wildman–Crippen LogP) is 4.18. The van der Waals surface area contributed by atoms with E-state index in [9.17, 15) is 9.59 Å². The van der Waals surface area contributed by atoms with Gasteiger partial charge in [0.15, 0.2) is 0 Å². The van der Waals surface area contributed by atoms with Crippen LogP contribution in [-0.4, -0.2) is 17.9 Å². The highest BCUT2D eigenvalue weighted by Gasteiger charge is 2.32. The van der Waals surface area contributed by atoms with Crippen LogP contribution >= 0.6 is 0 Å². The number of fused-ring (bicyclic) bond motifs is 1. The summed E-state index contributed by atoms with van der Waals surface area (Å²) in [7, 11) is 0. The predicted molar refractivity (Wildman–Crippen MR) is 113 cm³/mol. The van der Waals surface area contributed by atoms with Crippen LogP contribution in [0.4, 0.5) is 11.4 Å². The Labute approximate surface area is 166 Å². The highest BCUT2D eigenvalue weighted by molar-refractivity contribution is 5.95. The van der Waals surface area contributed by atoms with Crippen LogP contribution in [0, 0.1) is 0 Å². The van der Waals surface area contributed by atoms with Crippen molar-refractivity contribution in [2.45, 2.75) is 58.0 Å². The van der Waals surface area contributed by atoms with E-state index < -0.39 is 0 Å². The number of primary amides is 1. The second kappa shape index (κ2) is 8.91. The number of benzene rings is 2. The minimum Gasteiger partial charge on any atom is -0.378 e. The van der Waals surface area contributed by atoms with Crippen molar-refractivity contribution in [3.8, 4) is 0 Å². The number of nitrogens with one attached hydrogen (secondary N) is 1. The van der Waals surface area contributed by atoms with Crippen LogP contribution < -0.4 is 16.0 Å². The summed E-state index contributed by atoms with van der Waals surface area (Å²) in [4.78, 5) is 25.3. The lowest BCUT2D eigenvalue weighted by Gasteiger charge is -2.40. The van der Waals surface area contributed by atoms with E-state index in [4.69, 9.17) is 5.73 Å². The number of amides is 2. The summed E-state index contributed by atoms with van der Waals surface area (Å²) < 4.78 is 0. The van der Waals surface area contributed by atoms with Gasteiger partial charge in [-0.1, -0.05) is 37.3 Å². The van der Waals surface area contributed by atoms with E-state index in [1.54, 1.807) is 0 Å². The average molecular weight is 380 g/mol. The Bertz CT molecular complexity index is 832. The summed E-state index contributed by atoms with van der Waals surface area (Å²) in [5.41, 5.74) is 9.62. The SMILES string of the molecule is CCC(=O)N1c2ccccc2[C@H](Nc2ccc(CCCC(N)=O)cc2)C[C@@H]1C. The van der Waals surface area contributed by atoms with Crippen molar-refractivity contribution >= 4 is 23.2 Å². The lowest BCUT2D eigenvalue weighted by atomic mass is 9.91. The van der Waals surface area contributed by atoms with Crippen molar-refractivity contribution in [2.75, 3.05) is 10.2 Å². The van der Waals surface area contributed by atoms with E-state index in [0.717, 1.165) is 36.2 Å². The van der Waals surface area contributed by atoms with Gasteiger partial charge in [-0.3, -0.25) is 9.59 Å². The van der Waals surface area contributed by atoms with Gasteiger partial charge < -0.3 is 16.0 Å². The first-order valence-electron chi connectivity index (χ1n) is 10.0. The smallest absolute Gasteiger partial charge is 0.226 e. The maximum atomic E-state index is 12.4. The first-order valence-corrected chi connectivity index (χ1v) is 10.0. The molecule has 3 rings (SSSR count). The number of para-hydroxylation sites is 1. The first-order chi connectivity index (χ1) is 13.5. The molecule has 5 nitrogen and oxygen atoms in total. The second-order valence-corrected chi connectivity index (χ2v) is 7.47. The Balaban J connectivity index is 1.73. The summed E-state index contributed by atoms with van der Waals surface area (Å²) in [6.45, 7) is 4.02. The number of carbonyl (C=O) groups excluding carboxylic acids is 2. The molecule has 2 aromatic rings. The molecule has 0 fully saturated rings. The molecular weight excluding hydrogens is 350 g/mol. The highest BCUT2D eigenvalue weighted by Crippen LogP contribution is 2.39. The van der Waals surface area contributed by atoms with Gasteiger partial charge in [0, 0.05) is 30.3 Å². The van der Waals surface area contributed by atoms with Gasteiger partial charge in [0.25, 0.3) is 0 Å². The Morgan fingerprint density at radius 2 is 1.86 bits per heavy atom. The standard InChI is InChI=1S/C23H29N3O2/c1-3-23(28)26-16(2)15-20(19-8-4-5-9-21(19)26)25-18-13-11-17(12-14-18)7-6-10-22(24)27/h4-5,8-9,11-14,16,20,25H,3,6-7,10,15H2,1-2H3,(H2,24,27)/t16-,20+/m0/s1. The van der Waals surface area contributed by atoms with Gasteiger partial charge in [-0.25, -0.2) is 0 Å². The van der Waals surface area contributed by atoms with Crippen molar-refractivity contribution in [3.63, 3.8) is 0 Å². The molecule has 1 aliphatic rings. The Morgan fingerprint density at radius 3 is 2.54 bits per heavy atom. The van der Waals surface area contributed by atoms with Gasteiger partial charge in [-0.2, -0.15) is 0 Å². The molecule has 2 atom stereocenters. The monoisotopic (exact) mass is 379 g/mol. The normalized spacial score (nSPS) is 18.4. The fourth-order valence-electron chi connectivity index (χ4n) is 3.94. The third-order valence-corrected chi connectivity index (χ3v) is 5.34. The Hall–Kier alpha value is -2.82. The lowest BCUT2D eigenvalue weighted by Crippen LogP contribution is -2.44. The molecule has 1 heterocycles. The Kier molecular flexibility index (Phi) is 6.34. The van der Waals surface area contributed by atoms with Crippen LogP contribution in [0.2, 0.25) is 0 Å². The molecule has 0 saturated heterocycles. The number of rotatable bonds is 7. The second-order valence-electron chi connectivity index (χ2n) is 7.47. The first kappa shape index (κ1) is 19.9. The van der Waals surface area contributed by atoms with Crippen LogP contribution in [0.25, 0.3) is 0 Å². The van der Waals surface area contributed by atoms with Gasteiger partial charge in [0.05, 0.1) is 6.04 Å². The largest absolute Gasteiger partial charge is 0.378 e. The molecule has 148 valence electrons. The van der Waals surface area contributed by atoms with Crippen molar-refractivity contribution in [1.29, 1.82) is 0 Å². The average Bonchev–Trinajstić information content (AvgIpc) is 2.68. The summed E-state index contributed by atoms with van der Waals surface area (Å²) in [6.07, 6.45) is 3.42. The molecule has 0 unspecified atom stereocenters. The van der Waals surface area contributed by atoms with Crippen LogP contribution in [0.15, 0.2) is 48.5 Å². The van der Waals surface area contributed by atoms with E-state index in [-0.39, 0.29) is 23.9 Å². The summed E-state index contributed by atoms with van der Waals surface area (Å²) in [5, 5.41) is 3.63. The molecule has 0 aromatic heterocycles. The van der Waals surface area contributed by atoms with Crippen LogP contribution in [0.5, 0.6) is 0 Å². The molecule has 0 bridgehead atoms. The summed E-state index contributed by atoms with van der Waals surface area (Å²) >= 11 is 0. The zero-order valence-corrected chi connectivity index (χ0v) is 16.7. The molecule has 5 heteroatoms. The van der Waals surface area contributed by atoms with E-state index in [2.05, 4.69) is 42.6 Å². The molecule has 2 amide bonds. The van der Waals surface area contributed by atoms with Crippen LogP contribution in [0.1, 0.15) is 56.7 Å². The number of hydrogen-bond acceptors (Lipinski definition) is 3. The maximum absolute atomic E-state index is 12.4. The van der Waals surface area contributed by atoms with Gasteiger partial charge in [0.2, 0.25) is 11.8 Å². The molecule has 0 spiro atoms. The fourth-order valence-corrected chi connectivity index (χ4v) is 3.94. The maximum Gasteiger partial charge on any atom is 0.226 e. The molecule has 28 heavy (non-hydrogen) atoms. The van der Waals surface area contributed by atoms with E-state index in [1.807, 2.05) is 30.0 Å². The molecular formula is C23H29N3O2.